The molecule has 0 atom stereocenters. The Morgan fingerprint density at radius 2 is 2.25 bits per heavy atom. The van der Waals surface area contributed by atoms with Gasteiger partial charge in [-0.05, 0) is 0 Å². The summed E-state index contributed by atoms with van der Waals surface area (Å²) in [6, 6.07) is 0. The van der Waals surface area contributed by atoms with E-state index in [0.29, 0.717) is 0 Å². The van der Waals surface area contributed by atoms with Crippen molar-refractivity contribution in [2.75, 3.05) is 7.05 Å². The molecule has 4 heavy (non-hydrogen) atoms. The minimum absolute atomic E-state index is 1.70. The summed E-state index contributed by atoms with van der Waals surface area (Å²) in [6.45, 7) is 0. The van der Waals surface area contributed by atoms with Gasteiger partial charge in [-0.3, -0.25) is 0 Å². The van der Waals surface area contributed by atoms with Gasteiger partial charge in [0.15, 0.2) is 0 Å². The predicted molar refractivity (Wildman–Crippen MR) is 18.6 cm³/mol. The summed E-state index contributed by atoms with van der Waals surface area (Å²) >= 11 is 0. The standard InChI is InChI=1S/CH5BN2/c1-3-4-2/h2-3H,1H3. The zero-order valence-corrected chi connectivity index (χ0v) is 2.65. The zero-order valence-electron chi connectivity index (χ0n) is 2.65. The molecule has 0 aliphatic carbocycles. The van der Waals surface area contributed by atoms with Gasteiger partial charge in [-0.15, -0.1) is 0 Å². The Morgan fingerprint density at radius 1 is 2.00 bits per heavy atom. The molecular formula is CH5BN2. The van der Waals surface area contributed by atoms with Gasteiger partial charge in [0.2, 0.25) is 0 Å². The maximum atomic E-state index is 3.24. The van der Waals surface area contributed by atoms with Crippen LogP contribution in [-0.2, 0) is 0 Å². The van der Waals surface area contributed by atoms with Crippen molar-refractivity contribution < 1.29 is 0 Å². The molecular weight excluding hydrogens is 50.8 g/mol. The van der Waals surface area contributed by atoms with Gasteiger partial charge in [-0.2, -0.15) is 0 Å². The third-order valence-corrected chi connectivity index (χ3v) is 0.158. The van der Waals surface area contributed by atoms with Crippen molar-refractivity contribution in [2.45, 2.75) is 0 Å². The molecule has 0 radical (unpaired) electrons. The molecule has 0 unspecified atom stereocenters. The third-order valence-electron chi connectivity index (χ3n) is 0.158. The van der Waals surface area contributed by atoms with Crippen LogP contribution in [0.25, 0.3) is 0 Å². The van der Waals surface area contributed by atoms with Crippen LogP contribution in [0.15, 0.2) is 5.00 Å². The van der Waals surface area contributed by atoms with Gasteiger partial charge in [0, 0.05) is 0 Å². The van der Waals surface area contributed by atoms with Crippen molar-refractivity contribution in [3.8, 4) is 0 Å². The van der Waals surface area contributed by atoms with Gasteiger partial charge in [0.25, 0.3) is 0 Å². The molecule has 0 aliphatic rings. The summed E-state index contributed by atoms with van der Waals surface area (Å²) in [5.74, 6) is 0. The van der Waals surface area contributed by atoms with Crippen LogP contribution in [-0.4, -0.2) is 14.7 Å². The fraction of sp³-hybridized carbons (Fsp3) is 1.00. The summed E-state index contributed by atoms with van der Waals surface area (Å²) in [6.07, 6.45) is 0. The summed E-state index contributed by atoms with van der Waals surface area (Å²) in [5.41, 5.74) is 2.44. The first kappa shape index (κ1) is 3.66. The van der Waals surface area contributed by atoms with Gasteiger partial charge < -0.3 is 0 Å². The van der Waals surface area contributed by atoms with E-state index in [-0.39, 0.29) is 0 Å². The van der Waals surface area contributed by atoms with Gasteiger partial charge >= 0.3 is 25.1 Å². The summed E-state index contributed by atoms with van der Waals surface area (Å²) in [7, 11) is 4.82. The van der Waals surface area contributed by atoms with Crippen LogP contribution >= 0.6 is 0 Å². The van der Waals surface area contributed by atoms with Crippen LogP contribution in [0, 0.1) is 0 Å². The second-order valence-corrected chi connectivity index (χ2v) is 0.382. The SMILES string of the molecule is B=NNC. The van der Waals surface area contributed by atoms with Crippen molar-refractivity contribution in [2.24, 2.45) is 5.00 Å². The Balaban J connectivity index is 2.30. The minimum atomic E-state index is 1.70. The molecule has 0 amide bonds. The van der Waals surface area contributed by atoms with Gasteiger partial charge in [-0.25, -0.2) is 0 Å². The molecule has 1 N–H and O–H groups in total. The van der Waals surface area contributed by atoms with E-state index in [1.165, 1.54) is 0 Å². The molecule has 0 rings (SSSR count). The molecule has 0 aromatic rings. The molecule has 0 bridgehead atoms. The second kappa shape index (κ2) is 2.66. The van der Waals surface area contributed by atoms with Gasteiger partial charge in [-0.1, -0.05) is 0 Å². The van der Waals surface area contributed by atoms with Crippen LogP contribution in [0.4, 0.5) is 0 Å². The number of nitrogens with zero attached hydrogens (tertiary/aromatic N) is 1. The normalized spacial score (nSPS) is 5.00. The molecule has 22 valence electrons. The third kappa shape index (κ3) is 1.66. The number of nitrogens with one attached hydrogen (secondary N) is 1. The van der Waals surface area contributed by atoms with Crippen molar-refractivity contribution in [1.82, 2.24) is 5.43 Å². The van der Waals surface area contributed by atoms with Crippen LogP contribution < -0.4 is 5.43 Å². The van der Waals surface area contributed by atoms with Crippen LogP contribution in [0.5, 0.6) is 0 Å². The van der Waals surface area contributed by atoms with E-state index in [4.69, 9.17) is 0 Å². The van der Waals surface area contributed by atoms with Crippen molar-refractivity contribution in [3.63, 3.8) is 0 Å². The summed E-state index contributed by atoms with van der Waals surface area (Å²) < 4.78 is 0. The molecule has 0 fully saturated rings. The maximum absolute atomic E-state index is 3.24. The molecule has 0 saturated heterocycles. The van der Waals surface area contributed by atoms with Gasteiger partial charge in [0.1, 0.15) is 0 Å². The summed E-state index contributed by atoms with van der Waals surface area (Å²) in [5, 5.41) is 3.24. The van der Waals surface area contributed by atoms with Gasteiger partial charge in [0.05, 0.1) is 0 Å². The van der Waals surface area contributed by atoms with E-state index in [9.17, 15) is 0 Å². The number of hydrogen-bond donors (Lipinski definition) is 1. The van der Waals surface area contributed by atoms with Crippen LogP contribution in [0.1, 0.15) is 0 Å². The first-order valence-electron chi connectivity index (χ1n) is 1.04. The zero-order chi connectivity index (χ0) is 3.41. The van der Waals surface area contributed by atoms with E-state index in [0.717, 1.165) is 0 Å². The first-order valence-corrected chi connectivity index (χ1v) is 1.04. The topological polar surface area (TPSA) is 24.4 Å². The van der Waals surface area contributed by atoms with E-state index in [1.54, 1.807) is 7.05 Å². The number of rotatable bonds is 1. The van der Waals surface area contributed by atoms with E-state index >= 15 is 0 Å². The van der Waals surface area contributed by atoms with Crippen molar-refractivity contribution in [1.29, 1.82) is 0 Å². The summed E-state index contributed by atoms with van der Waals surface area (Å²) in [4.78, 5) is 0. The quantitative estimate of drug-likeness (QED) is 0.309. The predicted octanol–water partition coefficient (Wildman–Crippen LogP) is -0.795. The average Bonchev–Trinajstić information content (AvgIpc) is 1.37. The molecule has 0 saturated carbocycles. The molecule has 0 aromatic carbocycles. The molecule has 3 heteroatoms. The second-order valence-electron chi connectivity index (χ2n) is 0.382. The Morgan fingerprint density at radius 3 is 2.25 bits per heavy atom. The Hall–Kier alpha value is -0.335. The number of hydrogen-bond acceptors (Lipinski definition) is 2. The van der Waals surface area contributed by atoms with Crippen LogP contribution in [0.3, 0.4) is 0 Å². The van der Waals surface area contributed by atoms with Crippen molar-refractivity contribution >= 4 is 7.64 Å². The van der Waals surface area contributed by atoms with Crippen molar-refractivity contribution in [3.05, 3.63) is 0 Å². The fourth-order valence-corrected chi connectivity index (χ4v) is 0. The van der Waals surface area contributed by atoms with E-state index in [1.807, 2.05) is 0 Å². The first-order chi connectivity index (χ1) is 1.91. The molecule has 0 aromatic heterocycles. The average molecular weight is 55.9 g/mol. The Labute approximate surface area is 26.3 Å². The fourth-order valence-electron chi connectivity index (χ4n) is 0. The monoisotopic (exact) mass is 56.1 g/mol. The molecule has 0 heterocycles. The Kier molecular flexibility index (Phi) is 2.44. The molecule has 0 spiro atoms. The van der Waals surface area contributed by atoms with E-state index < -0.39 is 0 Å². The molecule has 2 nitrogen and oxygen atoms in total. The Bertz CT molecular complexity index is 20.0. The molecule has 0 aliphatic heterocycles. The van der Waals surface area contributed by atoms with Crippen LogP contribution in [0.2, 0.25) is 0 Å². The van der Waals surface area contributed by atoms with E-state index in [2.05, 4.69) is 18.1 Å².